The third-order valence-corrected chi connectivity index (χ3v) is 5.26. The summed E-state index contributed by atoms with van der Waals surface area (Å²) in [7, 11) is 0. The zero-order valence-corrected chi connectivity index (χ0v) is 17.6. The minimum atomic E-state index is 0.0484. The summed E-state index contributed by atoms with van der Waals surface area (Å²) >= 11 is 7.09. The molecular formula is C21H19Br2NO2. The van der Waals surface area contributed by atoms with Crippen LogP contribution in [0.5, 0.6) is 5.75 Å². The molecule has 1 amide bonds. The molecule has 0 N–H and O–H groups in total. The lowest BCUT2D eigenvalue weighted by atomic mass is 10.0. The fourth-order valence-electron chi connectivity index (χ4n) is 3.00. The van der Waals surface area contributed by atoms with Crippen molar-refractivity contribution in [1.29, 1.82) is 0 Å². The first-order valence-electron chi connectivity index (χ1n) is 8.42. The maximum absolute atomic E-state index is 12.9. The van der Waals surface area contributed by atoms with Crippen molar-refractivity contribution in [1.82, 2.24) is 0 Å². The molecule has 0 bridgehead atoms. The number of hydrogen-bond acceptors (Lipinski definition) is 2. The normalized spacial score (nSPS) is 14.7. The molecule has 0 atom stereocenters. The van der Waals surface area contributed by atoms with Gasteiger partial charge in [0.25, 0.3) is 5.91 Å². The molecule has 26 heavy (non-hydrogen) atoms. The molecule has 0 saturated heterocycles. The molecule has 0 saturated carbocycles. The van der Waals surface area contributed by atoms with Gasteiger partial charge < -0.3 is 9.64 Å². The van der Waals surface area contributed by atoms with Crippen LogP contribution < -0.4 is 9.64 Å². The first-order chi connectivity index (χ1) is 12.6. The molecule has 0 aromatic heterocycles. The summed E-state index contributed by atoms with van der Waals surface area (Å²) in [6.45, 7) is 6.89. The second-order valence-corrected chi connectivity index (χ2v) is 7.65. The van der Waals surface area contributed by atoms with Gasteiger partial charge in [-0.15, -0.1) is 0 Å². The second-order valence-electron chi connectivity index (χ2n) is 5.95. The third kappa shape index (κ3) is 3.64. The standard InChI is InChI=1S/C21H19Br2NO2/c1-3-9-24-19-8-6-5-7-15(19)16(21(24)25)11-14-12-17(22)20(18(23)13-14)26-10-4-2/h4-8,11-13H,2-3,9-10H2,1H3/b16-11-. The Balaban J connectivity index is 2.02. The molecule has 3 rings (SSSR count). The van der Waals surface area contributed by atoms with E-state index in [4.69, 9.17) is 4.74 Å². The Morgan fingerprint density at radius 2 is 1.88 bits per heavy atom. The largest absolute Gasteiger partial charge is 0.487 e. The van der Waals surface area contributed by atoms with Gasteiger partial charge in [-0.1, -0.05) is 37.8 Å². The number of para-hydroxylation sites is 1. The summed E-state index contributed by atoms with van der Waals surface area (Å²) in [5.41, 5.74) is 3.60. The topological polar surface area (TPSA) is 29.5 Å². The van der Waals surface area contributed by atoms with E-state index in [9.17, 15) is 4.79 Å². The SMILES string of the molecule is C=CCOc1c(Br)cc(/C=C2\C(=O)N(CCC)c3ccccc32)cc1Br. The smallest absolute Gasteiger partial charge is 0.258 e. The van der Waals surface area contributed by atoms with Crippen molar-refractivity contribution in [3.63, 3.8) is 0 Å². The molecule has 1 aliphatic rings. The van der Waals surface area contributed by atoms with E-state index >= 15 is 0 Å². The average molecular weight is 477 g/mol. The van der Waals surface area contributed by atoms with E-state index in [1.54, 1.807) is 6.08 Å². The van der Waals surface area contributed by atoms with Crippen LogP contribution in [0.3, 0.4) is 0 Å². The van der Waals surface area contributed by atoms with Crippen molar-refractivity contribution < 1.29 is 9.53 Å². The Morgan fingerprint density at radius 1 is 1.19 bits per heavy atom. The lowest BCUT2D eigenvalue weighted by molar-refractivity contribution is -0.113. The molecule has 1 aliphatic heterocycles. The monoisotopic (exact) mass is 475 g/mol. The Morgan fingerprint density at radius 3 is 2.54 bits per heavy atom. The van der Waals surface area contributed by atoms with Crippen molar-refractivity contribution >= 4 is 55.1 Å². The van der Waals surface area contributed by atoms with Crippen LogP contribution in [0.1, 0.15) is 24.5 Å². The fraction of sp³-hybridized carbons (Fsp3) is 0.190. The van der Waals surface area contributed by atoms with Gasteiger partial charge in [-0.2, -0.15) is 0 Å². The maximum Gasteiger partial charge on any atom is 0.258 e. The molecule has 0 radical (unpaired) electrons. The molecule has 0 unspecified atom stereocenters. The zero-order chi connectivity index (χ0) is 18.7. The molecule has 2 aromatic rings. The van der Waals surface area contributed by atoms with Crippen LogP contribution in [0.2, 0.25) is 0 Å². The summed E-state index contributed by atoms with van der Waals surface area (Å²) in [5.74, 6) is 0.769. The van der Waals surface area contributed by atoms with Crippen LogP contribution in [-0.4, -0.2) is 19.1 Å². The summed E-state index contributed by atoms with van der Waals surface area (Å²) in [6, 6.07) is 11.8. The quantitative estimate of drug-likeness (QED) is 0.373. The number of amides is 1. The van der Waals surface area contributed by atoms with Crippen molar-refractivity contribution in [2.75, 3.05) is 18.1 Å². The van der Waals surface area contributed by atoms with E-state index < -0.39 is 0 Å². The number of hydrogen-bond donors (Lipinski definition) is 0. The van der Waals surface area contributed by atoms with E-state index in [0.717, 1.165) is 44.5 Å². The third-order valence-electron chi connectivity index (χ3n) is 4.08. The van der Waals surface area contributed by atoms with E-state index in [-0.39, 0.29) is 5.91 Å². The predicted octanol–water partition coefficient (Wildman–Crippen LogP) is 6.07. The number of anilines is 1. The first-order valence-corrected chi connectivity index (χ1v) is 10.0. The van der Waals surface area contributed by atoms with Crippen molar-refractivity contribution in [3.8, 4) is 5.75 Å². The molecule has 3 nitrogen and oxygen atoms in total. The van der Waals surface area contributed by atoms with Crippen LogP contribution in [0, 0.1) is 0 Å². The van der Waals surface area contributed by atoms with Crippen LogP contribution >= 0.6 is 31.9 Å². The number of nitrogens with zero attached hydrogens (tertiary/aromatic N) is 1. The second kappa shape index (κ2) is 8.23. The molecule has 0 aliphatic carbocycles. The van der Waals surface area contributed by atoms with Gasteiger partial charge in [0.15, 0.2) is 0 Å². The van der Waals surface area contributed by atoms with Crippen molar-refractivity contribution in [2.45, 2.75) is 13.3 Å². The van der Waals surface area contributed by atoms with Gasteiger partial charge >= 0.3 is 0 Å². The van der Waals surface area contributed by atoms with E-state index in [1.165, 1.54) is 0 Å². The highest BCUT2D eigenvalue weighted by atomic mass is 79.9. The Labute approximate surface area is 170 Å². The van der Waals surface area contributed by atoms with E-state index in [2.05, 4.69) is 45.4 Å². The van der Waals surface area contributed by atoms with Gasteiger partial charge in [0.05, 0.1) is 14.6 Å². The number of carbonyl (C=O) groups is 1. The lowest BCUT2D eigenvalue weighted by Crippen LogP contribution is -2.26. The lowest BCUT2D eigenvalue weighted by Gasteiger charge is -2.15. The van der Waals surface area contributed by atoms with Crippen molar-refractivity contribution in [2.24, 2.45) is 0 Å². The van der Waals surface area contributed by atoms with E-state index in [1.807, 2.05) is 47.4 Å². The van der Waals surface area contributed by atoms with Crippen LogP contribution in [0.15, 0.2) is 58.0 Å². The minimum absolute atomic E-state index is 0.0484. The minimum Gasteiger partial charge on any atom is -0.487 e. The molecule has 2 aromatic carbocycles. The molecule has 134 valence electrons. The summed E-state index contributed by atoms with van der Waals surface area (Å²) in [5, 5.41) is 0. The first kappa shape index (κ1) is 18.9. The number of fused-ring (bicyclic) bond motifs is 1. The highest BCUT2D eigenvalue weighted by molar-refractivity contribution is 9.11. The molecule has 0 fully saturated rings. The summed E-state index contributed by atoms with van der Waals surface area (Å²) in [6.07, 6.45) is 4.55. The number of benzene rings is 2. The van der Waals surface area contributed by atoms with Crippen LogP contribution in [-0.2, 0) is 4.79 Å². The number of carbonyl (C=O) groups excluding carboxylic acids is 1. The van der Waals surface area contributed by atoms with Crippen LogP contribution in [0.4, 0.5) is 5.69 Å². The number of rotatable bonds is 6. The van der Waals surface area contributed by atoms with E-state index in [0.29, 0.717) is 12.2 Å². The van der Waals surface area contributed by atoms with Gasteiger partial charge in [0.2, 0.25) is 0 Å². The Hall–Kier alpha value is -1.85. The highest BCUT2D eigenvalue weighted by Gasteiger charge is 2.31. The fourth-order valence-corrected chi connectivity index (χ4v) is 4.45. The van der Waals surface area contributed by atoms with Crippen molar-refractivity contribution in [3.05, 3.63) is 69.1 Å². The van der Waals surface area contributed by atoms with Gasteiger partial charge in [-0.3, -0.25) is 4.79 Å². The molecule has 0 spiro atoms. The summed E-state index contributed by atoms with van der Waals surface area (Å²) in [4.78, 5) is 14.8. The van der Waals surface area contributed by atoms with Gasteiger partial charge in [0, 0.05) is 17.7 Å². The predicted molar refractivity (Wildman–Crippen MR) is 114 cm³/mol. The van der Waals surface area contributed by atoms with Gasteiger partial charge in [0.1, 0.15) is 12.4 Å². The number of halogens is 2. The summed E-state index contributed by atoms with van der Waals surface area (Å²) < 4.78 is 7.31. The maximum atomic E-state index is 12.9. The Kier molecular flexibility index (Phi) is 5.99. The Bertz CT molecular complexity index is 866. The zero-order valence-electron chi connectivity index (χ0n) is 14.5. The number of ether oxygens (including phenoxy) is 1. The highest BCUT2D eigenvalue weighted by Crippen LogP contribution is 2.40. The van der Waals surface area contributed by atoms with Gasteiger partial charge in [-0.05, 0) is 68.1 Å². The van der Waals surface area contributed by atoms with Crippen LogP contribution in [0.25, 0.3) is 11.6 Å². The molecular weight excluding hydrogens is 458 g/mol. The average Bonchev–Trinajstić information content (AvgIpc) is 2.87. The molecule has 1 heterocycles. The van der Waals surface area contributed by atoms with Gasteiger partial charge in [-0.25, -0.2) is 0 Å². The molecule has 5 heteroatoms.